The Hall–Kier alpha value is -3.07. The molecule has 0 aliphatic carbocycles. The van der Waals surface area contributed by atoms with Crippen LogP contribution >= 0.6 is 11.8 Å². The number of aromatic nitrogens is 3. The number of fused-ring (bicyclic) bond motifs is 1. The van der Waals surface area contributed by atoms with Gasteiger partial charge in [0.05, 0.1) is 17.7 Å². The predicted octanol–water partition coefficient (Wildman–Crippen LogP) is 1.76. The van der Waals surface area contributed by atoms with Crippen molar-refractivity contribution in [3.05, 3.63) is 57.4 Å². The van der Waals surface area contributed by atoms with Crippen LogP contribution in [0.25, 0.3) is 11.0 Å². The lowest BCUT2D eigenvalue weighted by atomic mass is 10.3. The van der Waals surface area contributed by atoms with Gasteiger partial charge in [0, 0.05) is 30.9 Å². The number of amides is 1. The van der Waals surface area contributed by atoms with Crippen molar-refractivity contribution in [2.75, 3.05) is 17.7 Å². The van der Waals surface area contributed by atoms with Gasteiger partial charge in [-0.3, -0.25) is 18.7 Å². The van der Waals surface area contributed by atoms with Crippen LogP contribution in [-0.2, 0) is 18.9 Å². The number of thioether (sulfide) groups is 1. The minimum atomic E-state index is -0.444. The summed E-state index contributed by atoms with van der Waals surface area (Å²) in [6.07, 6.45) is 1.52. The molecule has 0 saturated carbocycles. The van der Waals surface area contributed by atoms with Gasteiger partial charge in [0.25, 0.3) is 5.56 Å². The molecular weight excluding hydrogens is 380 g/mol. The Labute approximate surface area is 165 Å². The van der Waals surface area contributed by atoms with Crippen molar-refractivity contribution < 1.29 is 9.53 Å². The minimum absolute atomic E-state index is 0.109. The quantitative estimate of drug-likeness (QED) is 0.634. The summed E-state index contributed by atoms with van der Waals surface area (Å²) in [4.78, 5) is 41.6. The first kappa shape index (κ1) is 19.7. The molecule has 8 nitrogen and oxygen atoms in total. The fourth-order valence-corrected chi connectivity index (χ4v) is 3.56. The van der Waals surface area contributed by atoms with Gasteiger partial charge in [-0.25, -0.2) is 9.78 Å². The molecule has 0 spiro atoms. The lowest BCUT2D eigenvalue weighted by Crippen LogP contribution is -2.37. The average Bonchev–Trinajstić information content (AvgIpc) is 2.70. The van der Waals surface area contributed by atoms with Gasteiger partial charge >= 0.3 is 5.69 Å². The second-order valence-corrected chi connectivity index (χ2v) is 7.02. The molecule has 3 rings (SSSR count). The molecule has 0 aliphatic heterocycles. The molecule has 0 fully saturated rings. The molecule has 1 aromatic carbocycles. The van der Waals surface area contributed by atoms with E-state index in [4.69, 9.17) is 4.74 Å². The molecule has 0 saturated heterocycles. The smallest absolute Gasteiger partial charge is 0.332 e. The van der Waals surface area contributed by atoms with Crippen molar-refractivity contribution in [3.8, 4) is 5.75 Å². The summed E-state index contributed by atoms with van der Waals surface area (Å²) < 4.78 is 7.73. The van der Waals surface area contributed by atoms with Crippen LogP contribution in [0.4, 0.5) is 5.69 Å². The summed E-state index contributed by atoms with van der Waals surface area (Å²) in [5, 5.41) is 3.13. The van der Waals surface area contributed by atoms with E-state index in [0.717, 1.165) is 10.3 Å². The molecule has 0 radical (unpaired) electrons. The molecule has 146 valence electrons. The number of carbonyl (C=O) groups excluding carboxylic acids is 1. The number of pyridine rings is 1. The maximum atomic E-state index is 12.5. The molecule has 3 aromatic rings. The molecular formula is C19H20N4O4S. The van der Waals surface area contributed by atoms with Crippen LogP contribution in [0, 0.1) is 0 Å². The Morgan fingerprint density at radius 3 is 2.54 bits per heavy atom. The van der Waals surface area contributed by atoms with Crippen molar-refractivity contribution in [3.63, 3.8) is 0 Å². The maximum Gasteiger partial charge on any atom is 0.332 e. The van der Waals surface area contributed by atoms with E-state index in [2.05, 4.69) is 10.3 Å². The van der Waals surface area contributed by atoms with Crippen molar-refractivity contribution >= 4 is 34.4 Å². The molecule has 9 heteroatoms. The molecule has 1 N–H and O–H groups in total. The monoisotopic (exact) mass is 400 g/mol. The van der Waals surface area contributed by atoms with Crippen LogP contribution in [-0.4, -0.2) is 32.4 Å². The predicted molar refractivity (Wildman–Crippen MR) is 109 cm³/mol. The number of nitrogens with one attached hydrogen (secondary N) is 1. The molecule has 0 atom stereocenters. The van der Waals surface area contributed by atoms with E-state index in [1.165, 1.54) is 29.6 Å². The molecule has 2 heterocycles. The van der Waals surface area contributed by atoms with E-state index >= 15 is 0 Å². The lowest BCUT2D eigenvalue weighted by molar-refractivity contribution is -0.113. The second-order valence-electron chi connectivity index (χ2n) is 6.01. The van der Waals surface area contributed by atoms with Gasteiger partial charge in [0.1, 0.15) is 11.4 Å². The van der Waals surface area contributed by atoms with E-state index in [1.54, 1.807) is 37.4 Å². The van der Waals surface area contributed by atoms with Gasteiger partial charge < -0.3 is 10.1 Å². The number of hydrogen-bond donors (Lipinski definition) is 1. The Morgan fingerprint density at radius 2 is 1.86 bits per heavy atom. The number of anilines is 1. The van der Waals surface area contributed by atoms with Crippen LogP contribution in [0.2, 0.25) is 0 Å². The zero-order chi connectivity index (χ0) is 20.3. The van der Waals surface area contributed by atoms with Gasteiger partial charge in [-0.2, -0.15) is 0 Å². The van der Waals surface area contributed by atoms with E-state index in [1.807, 2.05) is 6.92 Å². The Morgan fingerprint density at radius 1 is 1.14 bits per heavy atom. The van der Waals surface area contributed by atoms with E-state index in [9.17, 15) is 14.4 Å². The zero-order valence-electron chi connectivity index (χ0n) is 15.8. The fourth-order valence-electron chi connectivity index (χ4n) is 2.72. The molecule has 1 amide bonds. The second kappa shape index (κ2) is 8.30. The fraction of sp³-hybridized carbons (Fsp3) is 0.263. The summed E-state index contributed by atoms with van der Waals surface area (Å²) in [7, 11) is 2.98. The summed E-state index contributed by atoms with van der Waals surface area (Å²) in [5.41, 5.74) is 0.0815. The first-order valence-corrected chi connectivity index (χ1v) is 9.61. The van der Waals surface area contributed by atoms with Gasteiger partial charge in [-0.1, -0.05) is 0 Å². The van der Waals surface area contributed by atoms with Gasteiger partial charge in [0.2, 0.25) is 5.91 Å². The highest BCUT2D eigenvalue weighted by Gasteiger charge is 2.14. The summed E-state index contributed by atoms with van der Waals surface area (Å²) in [5.74, 6) is 0.638. The molecule has 0 bridgehead atoms. The first-order valence-electron chi connectivity index (χ1n) is 8.62. The Balaban J connectivity index is 1.77. The van der Waals surface area contributed by atoms with Crippen LogP contribution in [0.3, 0.4) is 0 Å². The van der Waals surface area contributed by atoms with Crippen LogP contribution in [0.5, 0.6) is 5.75 Å². The largest absolute Gasteiger partial charge is 0.494 e. The highest BCUT2D eigenvalue weighted by atomic mass is 32.2. The van der Waals surface area contributed by atoms with E-state index < -0.39 is 11.2 Å². The third-order valence-electron chi connectivity index (χ3n) is 4.11. The average molecular weight is 400 g/mol. The van der Waals surface area contributed by atoms with Crippen LogP contribution in [0.15, 0.2) is 51.0 Å². The topological polar surface area (TPSA) is 95.2 Å². The van der Waals surface area contributed by atoms with Crippen molar-refractivity contribution in [1.82, 2.24) is 14.1 Å². The summed E-state index contributed by atoms with van der Waals surface area (Å²) in [6.45, 7) is 2.48. The Kier molecular flexibility index (Phi) is 5.84. The highest BCUT2D eigenvalue weighted by Crippen LogP contribution is 2.24. The van der Waals surface area contributed by atoms with Crippen molar-refractivity contribution in [1.29, 1.82) is 0 Å². The highest BCUT2D eigenvalue weighted by molar-refractivity contribution is 8.00. The number of rotatable bonds is 6. The maximum absolute atomic E-state index is 12.5. The number of benzene rings is 1. The first-order chi connectivity index (χ1) is 13.4. The zero-order valence-corrected chi connectivity index (χ0v) is 16.6. The normalized spacial score (nSPS) is 10.8. The molecule has 28 heavy (non-hydrogen) atoms. The molecule has 2 aromatic heterocycles. The molecule has 0 aliphatic rings. The van der Waals surface area contributed by atoms with Crippen LogP contribution in [0.1, 0.15) is 6.92 Å². The van der Waals surface area contributed by atoms with Gasteiger partial charge in [-0.15, -0.1) is 11.8 Å². The Bertz CT molecular complexity index is 1140. The number of hydrogen-bond acceptors (Lipinski definition) is 6. The SMILES string of the molecule is CCOc1ccc(NC(=O)CSc2ccnc3c2c(=O)n(C)c(=O)n3C)cc1. The third-order valence-corrected chi connectivity index (χ3v) is 5.17. The number of carbonyl (C=O) groups is 1. The van der Waals surface area contributed by atoms with Crippen LogP contribution < -0.4 is 21.3 Å². The minimum Gasteiger partial charge on any atom is -0.494 e. The number of aryl methyl sites for hydroxylation is 1. The van der Waals surface area contributed by atoms with E-state index in [-0.39, 0.29) is 11.7 Å². The van der Waals surface area contributed by atoms with Crippen molar-refractivity contribution in [2.24, 2.45) is 14.1 Å². The number of nitrogens with zero attached hydrogens (tertiary/aromatic N) is 3. The number of ether oxygens (including phenoxy) is 1. The summed E-state index contributed by atoms with van der Waals surface area (Å²) in [6, 6.07) is 8.77. The standard InChI is InChI=1S/C19H20N4O4S/c1-4-27-13-7-5-12(6-8-13)21-15(24)11-28-14-9-10-20-17-16(14)18(25)23(3)19(26)22(17)2/h5-10H,4,11H2,1-3H3,(H,21,24). The third kappa shape index (κ3) is 3.94. The summed E-state index contributed by atoms with van der Waals surface area (Å²) >= 11 is 1.22. The molecule has 0 unspecified atom stereocenters. The lowest BCUT2D eigenvalue weighted by Gasteiger charge is -2.10. The van der Waals surface area contributed by atoms with Gasteiger partial charge in [-0.05, 0) is 37.3 Å². The van der Waals surface area contributed by atoms with Crippen molar-refractivity contribution in [2.45, 2.75) is 11.8 Å². The van der Waals surface area contributed by atoms with Gasteiger partial charge in [0.15, 0.2) is 0 Å². The van der Waals surface area contributed by atoms with E-state index in [0.29, 0.717) is 28.2 Å².